The Hall–Kier alpha value is -0.610. The van der Waals surface area contributed by atoms with Crippen LogP contribution in [0.1, 0.15) is 27.2 Å². The van der Waals surface area contributed by atoms with Crippen LogP contribution >= 0.6 is 0 Å². The van der Waals surface area contributed by atoms with E-state index in [1.54, 1.807) is 0 Å². The lowest BCUT2D eigenvalue weighted by molar-refractivity contribution is -0.180. The summed E-state index contributed by atoms with van der Waals surface area (Å²) in [6, 6.07) is 0. The molecule has 0 bridgehead atoms. The SMILES string of the molecule is CC(C)(C)OC1(C(=O)O)CCNC1. The summed E-state index contributed by atoms with van der Waals surface area (Å²) in [6.45, 7) is 6.73. The van der Waals surface area contributed by atoms with E-state index in [4.69, 9.17) is 9.84 Å². The van der Waals surface area contributed by atoms with Gasteiger partial charge in [0.1, 0.15) is 0 Å². The molecule has 0 amide bonds. The second-order valence-electron chi connectivity index (χ2n) is 4.44. The Labute approximate surface area is 78.3 Å². The summed E-state index contributed by atoms with van der Waals surface area (Å²) in [5.41, 5.74) is -1.43. The quantitative estimate of drug-likeness (QED) is 0.665. The third-order valence-electron chi connectivity index (χ3n) is 2.01. The second kappa shape index (κ2) is 3.27. The Bertz CT molecular complexity index is 201. The summed E-state index contributed by atoms with van der Waals surface area (Å²) in [5, 5.41) is 12.1. The highest BCUT2D eigenvalue weighted by Gasteiger charge is 2.45. The number of carboxylic acid groups (broad SMARTS) is 1. The number of carboxylic acids is 1. The van der Waals surface area contributed by atoms with Crippen molar-refractivity contribution in [3.8, 4) is 0 Å². The average molecular weight is 187 g/mol. The zero-order valence-electron chi connectivity index (χ0n) is 8.39. The Morgan fingerprint density at radius 2 is 2.15 bits per heavy atom. The maximum atomic E-state index is 11.0. The maximum Gasteiger partial charge on any atom is 0.337 e. The Morgan fingerprint density at radius 1 is 1.54 bits per heavy atom. The highest BCUT2D eigenvalue weighted by molar-refractivity contribution is 5.78. The van der Waals surface area contributed by atoms with Crippen LogP contribution < -0.4 is 5.32 Å². The van der Waals surface area contributed by atoms with Gasteiger partial charge in [-0.3, -0.25) is 0 Å². The predicted octanol–water partition coefficient (Wildman–Crippen LogP) is 0.618. The fraction of sp³-hybridized carbons (Fsp3) is 0.889. The van der Waals surface area contributed by atoms with Gasteiger partial charge >= 0.3 is 5.97 Å². The van der Waals surface area contributed by atoms with Crippen LogP contribution in [0.25, 0.3) is 0 Å². The standard InChI is InChI=1S/C9H17NO3/c1-8(2,3)13-9(7(11)12)4-5-10-6-9/h10H,4-6H2,1-3H3,(H,11,12). The first kappa shape index (κ1) is 10.5. The van der Waals surface area contributed by atoms with Gasteiger partial charge < -0.3 is 15.2 Å². The topological polar surface area (TPSA) is 58.6 Å². The Balaban J connectivity index is 2.74. The van der Waals surface area contributed by atoms with Gasteiger partial charge in [0.25, 0.3) is 0 Å². The molecule has 1 aliphatic heterocycles. The van der Waals surface area contributed by atoms with Crippen LogP contribution in [0.5, 0.6) is 0 Å². The minimum Gasteiger partial charge on any atom is -0.479 e. The minimum atomic E-state index is -1.02. The van der Waals surface area contributed by atoms with Crippen LogP contribution in [-0.4, -0.2) is 35.4 Å². The van der Waals surface area contributed by atoms with E-state index >= 15 is 0 Å². The molecule has 0 aromatic carbocycles. The summed E-state index contributed by atoms with van der Waals surface area (Å²) in [7, 11) is 0. The van der Waals surface area contributed by atoms with Crippen molar-refractivity contribution in [3.63, 3.8) is 0 Å². The average Bonchev–Trinajstić information content (AvgIpc) is 2.33. The smallest absolute Gasteiger partial charge is 0.337 e. The summed E-state index contributed by atoms with van der Waals surface area (Å²) < 4.78 is 5.59. The molecule has 4 nitrogen and oxygen atoms in total. The zero-order chi connectivity index (χ0) is 10.1. The Kier molecular flexibility index (Phi) is 2.63. The Morgan fingerprint density at radius 3 is 2.46 bits per heavy atom. The fourth-order valence-corrected chi connectivity index (χ4v) is 1.57. The minimum absolute atomic E-state index is 0.402. The summed E-state index contributed by atoms with van der Waals surface area (Å²) >= 11 is 0. The van der Waals surface area contributed by atoms with Crippen LogP contribution in [0.4, 0.5) is 0 Å². The van der Waals surface area contributed by atoms with E-state index in [2.05, 4.69) is 5.32 Å². The molecular weight excluding hydrogens is 170 g/mol. The van der Waals surface area contributed by atoms with Crippen molar-refractivity contribution in [2.24, 2.45) is 0 Å². The number of ether oxygens (including phenoxy) is 1. The predicted molar refractivity (Wildman–Crippen MR) is 48.7 cm³/mol. The highest BCUT2D eigenvalue weighted by Crippen LogP contribution is 2.26. The summed E-state index contributed by atoms with van der Waals surface area (Å²) in [5.74, 6) is -0.868. The number of hydrogen-bond donors (Lipinski definition) is 2. The molecule has 4 heteroatoms. The lowest BCUT2D eigenvalue weighted by atomic mass is 10.0. The molecule has 1 rings (SSSR count). The van der Waals surface area contributed by atoms with Crippen molar-refractivity contribution in [1.29, 1.82) is 0 Å². The molecule has 0 saturated carbocycles. The molecule has 1 atom stereocenters. The molecule has 0 aromatic rings. The van der Waals surface area contributed by atoms with Crippen molar-refractivity contribution in [2.45, 2.75) is 38.4 Å². The van der Waals surface area contributed by atoms with E-state index in [-0.39, 0.29) is 0 Å². The molecule has 13 heavy (non-hydrogen) atoms. The van der Waals surface area contributed by atoms with Gasteiger partial charge in [0.2, 0.25) is 0 Å². The van der Waals surface area contributed by atoms with Crippen LogP contribution in [0.2, 0.25) is 0 Å². The van der Waals surface area contributed by atoms with E-state index in [1.807, 2.05) is 20.8 Å². The number of carbonyl (C=O) groups is 1. The van der Waals surface area contributed by atoms with Gasteiger partial charge in [-0.05, 0) is 27.3 Å². The first-order chi connectivity index (χ1) is 5.86. The van der Waals surface area contributed by atoms with Gasteiger partial charge in [0, 0.05) is 13.0 Å². The van der Waals surface area contributed by atoms with Crippen molar-refractivity contribution in [3.05, 3.63) is 0 Å². The van der Waals surface area contributed by atoms with Crippen LogP contribution in [0.15, 0.2) is 0 Å². The molecule has 2 N–H and O–H groups in total. The van der Waals surface area contributed by atoms with E-state index in [0.717, 1.165) is 0 Å². The van der Waals surface area contributed by atoms with Gasteiger partial charge in [0.15, 0.2) is 5.60 Å². The van der Waals surface area contributed by atoms with Crippen LogP contribution in [0, 0.1) is 0 Å². The number of hydrogen-bond acceptors (Lipinski definition) is 3. The normalized spacial score (nSPS) is 29.2. The fourth-order valence-electron chi connectivity index (χ4n) is 1.57. The maximum absolute atomic E-state index is 11.0. The zero-order valence-corrected chi connectivity index (χ0v) is 8.39. The lowest BCUT2D eigenvalue weighted by Gasteiger charge is -2.32. The number of nitrogens with one attached hydrogen (secondary N) is 1. The van der Waals surface area contributed by atoms with Crippen molar-refractivity contribution in [2.75, 3.05) is 13.1 Å². The first-order valence-electron chi connectivity index (χ1n) is 4.50. The number of rotatable bonds is 2. The third kappa shape index (κ3) is 2.42. The van der Waals surface area contributed by atoms with Crippen molar-refractivity contribution in [1.82, 2.24) is 5.32 Å². The third-order valence-corrected chi connectivity index (χ3v) is 2.01. The van der Waals surface area contributed by atoms with Crippen molar-refractivity contribution < 1.29 is 14.6 Å². The lowest BCUT2D eigenvalue weighted by Crippen LogP contribution is -2.48. The highest BCUT2D eigenvalue weighted by atomic mass is 16.5. The molecule has 0 radical (unpaired) electrons. The molecule has 1 heterocycles. The molecule has 1 aliphatic rings. The number of aliphatic carboxylic acids is 1. The molecule has 76 valence electrons. The second-order valence-corrected chi connectivity index (χ2v) is 4.44. The van der Waals surface area contributed by atoms with E-state index in [9.17, 15) is 4.79 Å². The summed E-state index contributed by atoms with van der Waals surface area (Å²) in [4.78, 5) is 11.0. The van der Waals surface area contributed by atoms with Gasteiger partial charge in [0.05, 0.1) is 5.60 Å². The van der Waals surface area contributed by atoms with E-state index < -0.39 is 17.2 Å². The van der Waals surface area contributed by atoms with Gasteiger partial charge in [-0.25, -0.2) is 4.79 Å². The first-order valence-corrected chi connectivity index (χ1v) is 4.50. The molecule has 0 aromatic heterocycles. The largest absolute Gasteiger partial charge is 0.479 e. The van der Waals surface area contributed by atoms with Gasteiger partial charge in [-0.15, -0.1) is 0 Å². The van der Waals surface area contributed by atoms with E-state index in [0.29, 0.717) is 19.5 Å². The molecule has 0 aliphatic carbocycles. The molecule has 1 saturated heterocycles. The van der Waals surface area contributed by atoms with Crippen LogP contribution in [-0.2, 0) is 9.53 Å². The van der Waals surface area contributed by atoms with Gasteiger partial charge in [-0.1, -0.05) is 0 Å². The summed E-state index contributed by atoms with van der Waals surface area (Å²) in [6.07, 6.45) is 0.541. The molecular formula is C9H17NO3. The van der Waals surface area contributed by atoms with E-state index in [1.165, 1.54) is 0 Å². The monoisotopic (exact) mass is 187 g/mol. The van der Waals surface area contributed by atoms with Crippen molar-refractivity contribution >= 4 is 5.97 Å². The molecule has 1 unspecified atom stereocenters. The molecule has 0 spiro atoms. The molecule has 1 fully saturated rings. The van der Waals surface area contributed by atoms with Gasteiger partial charge in [-0.2, -0.15) is 0 Å². The van der Waals surface area contributed by atoms with Crippen LogP contribution in [0.3, 0.4) is 0 Å².